The first-order valence-corrected chi connectivity index (χ1v) is 6.32. The van der Waals surface area contributed by atoms with E-state index in [-0.39, 0.29) is 0 Å². The fourth-order valence-corrected chi connectivity index (χ4v) is 1.65. The molecule has 0 aliphatic heterocycles. The largest absolute Gasteiger partial charge is 0.481 e. The monoisotopic (exact) mass is 281 g/mol. The summed E-state index contributed by atoms with van der Waals surface area (Å²) in [5.41, 5.74) is 1.79. The maximum atomic E-state index is 8.79. The lowest BCUT2D eigenvalue weighted by molar-refractivity contribution is 0.398. The highest BCUT2D eigenvalue weighted by molar-refractivity contribution is 5.94. The molecular weight excluding hydrogens is 266 g/mol. The van der Waals surface area contributed by atoms with Crippen molar-refractivity contribution in [2.24, 2.45) is 4.99 Å². The van der Waals surface area contributed by atoms with Crippen LogP contribution >= 0.6 is 0 Å². The van der Waals surface area contributed by atoms with Gasteiger partial charge in [-0.15, -0.1) is 0 Å². The molecule has 0 unspecified atom stereocenters. The van der Waals surface area contributed by atoms with E-state index >= 15 is 0 Å². The van der Waals surface area contributed by atoms with Gasteiger partial charge in [0.1, 0.15) is 0 Å². The third-order valence-corrected chi connectivity index (χ3v) is 2.64. The van der Waals surface area contributed by atoms with E-state index in [4.69, 9.17) is 10.00 Å². The van der Waals surface area contributed by atoms with E-state index < -0.39 is 0 Å². The summed E-state index contributed by atoms with van der Waals surface area (Å²) in [6.07, 6.45) is 3.48. The molecule has 21 heavy (non-hydrogen) atoms. The quantitative estimate of drug-likeness (QED) is 0.388. The number of pyridine rings is 1. The number of ether oxygens (including phenoxy) is 1. The van der Waals surface area contributed by atoms with E-state index in [0.717, 1.165) is 11.3 Å². The second-order valence-electron chi connectivity index (χ2n) is 4.10. The Balaban J connectivity index is 2.09. The molecule has 6 heteroatoms. The molecule has 0 atom stereocenters. The number of anilines is 1. The van der Waals surface area contributed by atoms with Crippen LogP contribution in [0.3, 0.4) is 0 Å². The molecule has 0 aliphatic carbocycles. The van der Waals surface area contributed by atoms with Crippen molar-refractivity contribution in [2.45, 2.75) is 6.54 Å². The van der Waals surface area contributed by atoms with Gasteiger partial charge in [0.15, 0.2) is 6.19 Å². The van der Waals surface area contributed by atoms with Crippen LogP contribution in [-0.2, 0) is 6.54 Å². The number of aromatic nitrogens is 1. The lowest BCUT2D eigenvalue weighted by Crippen LogP contribution is -2.26. The maximum Gasteiger partial charge on any atom is 0.214 e. The minimum atomic E-state index is 0.370. The zero-order valence-electron chi connectivity index (χ0n) is 11.6. The lowest BCUT2D eigenvalue weighted by Gasteiger charge is -2.08. The zero-order valence-corrected chi connectivity index (χ0v) is 11.6. The van der Waals surface area contributed by atoms with Crippen LogP contribution in [0.1, 0.15) is 5.56 Å². The molecule has 1 heterocycles. The highest BCUT2D eigenvalue weighted by Crippen LogP contribution is 2.13. The third-order valence-electron chi connectivity index (χ3n) is 2.64. The lowest BCUT2D eigenvalue weighted by atomic mass is 10.2. The van der Waals surface area contributed by atoms with Crippen molar-refractivity contribution in [1.82, 2.24) is 10.3 Å². The van der Waals surface area contributed by atoms with Crippen molar-refractivity contribution in [1.29, 1.82) is 5.26 Å². The fourth-order valence-electron chi connectivity index (χ4n) is 1.65. The Labute approximate surface area is 123 Å². The van der Waals surface area contributed by atoms with Gasteiger partial charge in [-0.1, -0.05) is 30.3 Å². The standard InChI is InChI=1S/C15H15N5O/c1-21-14-9-13(7-8-17-14)20-15(19-11-16)18-10-12-5-3-2-4-6-12/h2-9H,10H2,1H3,(H2,17,18,19,20). The highest BCUT2D eigenvalue weighted by atomic mass is 16.5. The van der Waals surface area contributed by atoms with Crippen molar-refractivity contribution >= 4 is 11.6 Å². The van der Waals surface area contributed by atoms with Crippen molar-refractivity contribution in [2.75, 3.05) is 12.4 Å². The second-order valence-corrected chi connectivity index (χ2v) is 4.10. The van der Waals surface area contributed by atoms with Gasteiger partial charge in [0, 0.05) is 18.0 Å². The molecule has 2 aromatic rings. The molecule has 0 spiro atoms. The van der Waals surface area contributed by atoms with Crippen LogP contribution in [0, 0.1) is 11.5 Å². The van der Waals surface area contributed by atoms with Gasteiger partial charge in [-0.2, -0.15) is 5.26 Å². The van der Waals surface area contributed by atoms with Gasteiger partial charge < -0.3 is 10.1 Å². The van der Waals surface area contributed by atoms with E-state index in [9.17, 15) is 0 Å². The van der Waals surface area contributed by atoms with Crippen LogP contribution in [0.2, 0.25) is 0 Å². The van der Waals surface area contributed by atoms with Crippen LogP contribution in [-0.4, -0.2) is 18.1 Å². The number of hydrogen-bond donors (Lipinski definition) is 2. The normalized spacial score (nSPS) is 10.6. The Morgan fingerprint density at radius 1 is 1.33 bits per heavy atom. The Hall–Kier alpha value is -3.07. The predicted molar refractivity (Wildman–Crippen MR) is 80.7 cm³/mol. The average molecular weight is 281 g/mol. The molecule has 6 nitrogen and oxygen atoms in total. The summed E-state index contributed by atoms with van der Waals surface area (Å²) < 4.78 is 5.05. The van der Waals surface area contributed by atoms with Crippen molar-refractivity contribution in [3.63, 3.8) is 0 Å². The number of aliphatic imine (C=N–C) groups is 1. The molecule has 0 saturated carbocycles. The Morgan fingerprint density at radius 2 is 2.14 bits per heavy atom. The van der Waals surface area contributed by atoms with Gasteiger partial charge in [0.2, 0.25) is 11.8 Å². The minimum Gasteiger partial charge on any atom is -0.481 e. The van der Waals surface area contributed by atoms with Crippen molar-refractivity contribution < 1.29 is 4.74 Å². The van der Waals surface area contributed by atoms with Gasteiger partial charge in [-0.3, -0.25) is 5.32 Å². The topological polar surface area (TPSA) is 82.3 Å². The number of nitriles is 1. The SMILES string of the molecule is COc1cc(NC(=NCc2ccccc2)NC#N)ccn1. The van der Waals surface area contributed by atoms with Crippen molar-refractivity contribution in [3.05, 3.63) is 54.2 Å². The number of benzene rings is 1. The zero-order chi connectivity index (χ0) is 14.9. The van der Waals surface area contributed by atoms with Gasteiger partial charge in [-0.25, -0.2) is 9.98 Å². The second kappa shape index (κ2) is 7.50. The summed E-state index contributed by atoms with van der Waals surface area (Å²) in [7, 11) is 1.55. The molecule has 0 bridgehead atoms. The van der Waals surface area contributed by atoms with Gasteiger partial charge in [0.05, 0.1) is 13.7 Å². The summed E-state index contributed by atoms with van der Waals surface area (Å²) in [6.45, 7) is 0.472. The first-order valence-electron chi connectivity index (χ1n) is 6.32. The minimum absolute atomic E-state index is 0.370. The number of guanidine groups is 1. The smallest absolute Gasteiger partial charge is 0.214 e. The molecule has 106 valence electrons. The molecule has 0 saturated heterocycles. The van der Waals surface area contributed by atoms with Crippen LogP contribution < -0.4 is 15.4 Å². The molecule has 0 aliphatic rings. The first-order chi connectivity index (χ1) is 10.3. The summed E-state index contributed by atoms with van der Waals surface area (Å²) >= 11 is 0. The molecule has 0 amide bonds. The van der Waals surface area contributed by atoms with E-state index in [1.807, 2.05) is 36.5 Å². The number of rotatable bonds is 4. The first kappa shape index (κ1) is 14.3. The number of methoxy groups -OCH3 is 1. The summed E-state index contributed by atoms with van der Waals surface area (Å²) in [5, 5.41) is 14.3. The molecular formula is C15H15N5O. The van der Waals surface area contributed by atoms with Gasteiger partial charge in [-0.05, 0) is 11.6 Å². The van der Waals surface area contributed by atoms with E-state index in [0.29, 0.717) is 18.4 Å². The molecule has 1 aromatic carbocycles. The van der Waals surface area contributed by atoms with Crippen LogP contribution in [0.5, 0.6) is 5.88 Å². The van der Waals surface area contributed by atoms with Crippen LogP contribution in [0.25, 0.3) is 0 Å². The molecule has 1 aromatic heterocycles. The summed E-state index contributed by atoms with van der Waals surface area (Å²) in [5.74, 6) is 0.856. The average Bonchev–Trinajstić information content (AvgIpc) is 2.54. The highest BCUT2D eigenvalue weighted by Gasteiger charge is 2.01. The number of nitrogens with zero attached hydrogens (tertiary/aromatic N) is 3. The number of nitrogens with one attached hydrogen (secondary N) is 2. The van der Waals surface area contributed by atoms with Gasteiger partial charge in [0.25, 0.3) is 0 Å². The summed E-state index contributed by atoms with van der Waals surface area (Å²) in [6, 6.07) is 13.3. The number of hydrogen-bond acceptors (Lipinski definition) is 4. The van der Waals surface area contributed by atoms with Crippen LogP contribution in [0.4, 0.5) is 5.69 Å². The molecule has 2 rings (SSSR count). The Morgan fingerprint density at radius 3 is 2.86 bits per heavy atom. The van der Waals surface area contributed by atoms with E-state index in [1.165, 1.54) is 0 Å². The molecule has 0 fully saturated rings. The Kier molecular flexibility index (Phi) is 5.12. The molecule has 2 N–H and O–H groups in total. The van der Waals surface area contributed by atoms with E-state index in [2.05, 4.69) is 20.6 Å². The third kappa shape index (κ3) is 4.51. The van der Waals surface area contributed by atoms with Crippen LogP contribution in [0.15, 0.2) is 53.7 Å². The Bertz CT molecular complexity index is 649. The van der Waals surface area contributed by atoms with Gasteiger partial charge >= 0.3 is 0 Å². The fraction of sp³-hybridized carbons (Fsp3) is 0.133. The van der Waals surface area contributed by atoms with E-state index in [1.54, 1.807) is 25.4 Å². The van der Waals surface area contributed by atoms with Crippen molar-refractivity contribution in [3.8, 4) is 12.1 Å². The molecule has 0 radical (unpaired) electrons. The predicted octanol–water partition coefficient (Wildman–Crippen LogP) is 2.13. The summed E-state index contributed by atoms with van der Waals surface area (Å²) in [4.78, 5) is 8.36. The maximum absolute atomic E-state index is 8.79.